The Bertz CT molecular complexity index is 712. The lowest BCUT2D eigenvalue weighted by molar-refractivity contribution is 0.0950. The van der Waals surface area contributed by atoms with E-state index in [9.17, 15) is 14.0 Å². The van der Waals surface area contributed by atoms with E-state index in [0.717, 1.165) is 6.42 Å². The number of anilines is 1. The Morgan fingerprint density at radius 1 is 1.00 bits per heavy atom. The first-order valence-electron chi connectivity index (χ1n) is 7.91. The van der Waals surface area contributed by atoms with Gasteiger partial charge in [-0.15, -0.1) is 0 Å². The minimum atomic E-state index is -0.416. The molecule has 126 valence electrons. The maximum Gasteiger partial charge on any atom is 0.255 e. The highest BCUT2D eigenvalue weighted by Gasteiger charge is 2.09. The predicted molar refractivity (Wildman–Crippen MR) is 92.6 cm³/mol. The summed E-state index contributed by atoms with van der Waals surface area (Å²) >= 11 is 0. The Morgan fingerprint density at radius 2 is 1.62 bits per heavy atom. The van der Waals surface area contributed by atoms with Gasteiger partial charge in [0.15, 0.2) is 0 Å². The molecule has 2 amide bonds. The van der Waals surface area contributed by atoms with Gasteiger partial charge in [-0.25, -0.2) is 4.39 Å². The van der Waals surface area contributed by atoms with Crippen molar-refractivity contribution in [2.45, 2.75) is 20.3 Å². The molecule has 0 unspecified atom stereocenters. The van der Waals surface area contributed by atoms with Gasteiger partial charge in [0, 0.05) is 23.4 Å². The zero-order valence-electron chi connectivity index (χ0n) is 13.8. The van der Waals surface area contributed by atoms with Gasteiger partial charge in [-0.05, 0) is 54.8 Å². The van der Waals surface area contributed by atoms with Crippen LogP contribution in [0.5, 0.6) is 0 Å². The van der Waals surface area contributed by atoms with Gasteiger partial charge < -0.3 is 10.6 Å². The molecule has 2 aromatic rings. The van der Waals surface area contributed by atoms with E-state index in [1.807, 2.05) is 0 Å². The maximum absolute atomic E-state index is 13.1. The second kappa shape index (κ2) is 8.24. The Balaban J connectivity index is 1.95. The SMILES string of the molecule is CC(C)CCNC(=O)c1ccc(C(=O)Nc2cccc(F)c2)cc1. The van der Waals surface area contributed by atoms with E-state index in [2.05, 4.69) is 24.5 Å². The summed E-state index contributed by atoms with van der Waals surface area (Å²) in [5, 5.41) is 5.46. The Hall–Kier alpha value is -2.69. The lowest BCUT2D eigenvalue weighted by Gasteiger charge is -2.08. The van der Waals surface area contributed by atoms with Crippen molar-refractivity contribution in [1.82, 2.24) is 5.32 Å². The number of carbonyl (C=O) groups excluding carboxylic acids is 2. The van der Waals surface area contributed by atoms with Gasteiger partial charge in [-0.3, -0.25) is 9.59 Å². The summed E-state index contributed by atoms with van der Waals surface area (Å²) in [6.45, 7) is 4.81. The second-order valence-electron chi connectivity index (χ2n) is 5.98. The fraction of sp³-hybridized carbons (Fsp3) is 0.263. The summed E-state index contributed by atoms with van der Waals surface area (Å²) in [7, 11) is 0. The molecule has 2 N–H and O–H groups in total. The van der Waals surface area contributed by atoms with Crippen LogP contribution in [0.1, 0.15) is 41.0 Å². The third-order valence-electron chi connectivity index (χ3n) is 3.50. The van der Waals surface area contributed by atoms with E-state index < -0.39 is 5.82 Å². The van der Waals surface area contributed by atoms with E-state index in [-0.39, 0.29) is 11.8 Å². The number of nitrogens with one attached hydrogen (secondary N) is 2. The van der Waals surface area contributed by atoms with Crippen LogP contribution in [0.3, 0.4) is 0 Å². The Kier molecular flexibility index (Phi) is 6.07. The molecule has 0 atom stereocenters. The van der Waals surface area contributed by atoms with Crippen molar-refractivity contribution in [3.05, 3.63) is 65.5 Å². The normalized spacial score (nSPS) is 10.5. The first kappa shape index (κ1) is 17.7. The minimum absolute atomic E-state index is 0.160. The van der Waals surface area contributed by atoms with E-state index in [1.165, 1.54) is 18.2 Å². The second-order valence-corrected chi connectivity index (χ2v) is 5.98. The van der Waals surface area contributed by atoms with Crippen LogP contribution in [0.25, 0.3) is 0 Å². The van der Waals surface area contributed by atoms with Crippen molar-refractivity contribution in [3.63, 3.8) is 0 Å². The van der Waals surface area contributed by atoms with Gasteiger partial charge in [0.2, 0.25) is 0 Å². The summed E-state index contributed by atoms with van der Waals surface area (Å²) < 4.78 is 13.1. The molecular formula is C19H21FN2O2. The standard InChI is InChI=1S/C19H21FN2O2/c1-13(2)10-11-21-18(23)14-6-8-15(9-7-14)19(24)22-17-5-3-4-16(20)12-17/h3-9,12-13H,10-11H2,1-2H3,(H,21,23)(H,22,24). The first-order chi connectivity index (χ1) is 11.5. The number of amides is 2. The van der Waals surface area contributed by atoms with Crippen LogP contribution in [0, 0.1) is 11.7 Å². The number of hydrogen-bond acceptors (Lipinski definition) is 2. The monoisotopic (exact) mass is 328 g/mol. The van der Waals surface area contributed by atoms with Crippen LogP contribution in [-0.2, 0) is 0 Å². The number of rotatable bonds is 6. The topological polar surface area (TPSA) is 58.2 Å². The number of hydrogen-bond donors (Lipinski definition) is 2. The van der Waals surface area contributed by atoms with Gasteiger partial charge in [0.05, 0.1) is 0 Å². The van der Waals surface area contributed by atoms with E-state index in [0.29, 0.717) is 29.3 Å². The number of carbonyl (C=O) groups is 2. The molecule has 0 heterocycles. The minimum Gasteiger partial charge on any atom is -0.352 e. The summed E-state index contributed by atoms with van der Waals surface area (Å²) in [5.41, 5.74) is 1.29. The highest BCUT2D eigenvalue weighted by molar-refractivity contribution is 6.05. The number of halogens is 1. The summed E-state index contributed by atoms with van der Waals surface area (Å²) in [4.78, 5) is 24.1. The maximum atomic E-state index is 13.1. The molecule has 5 heteroatoms. The average molecular weight is 328 g/mol. The highest BCUT2D eigenvalue weighted by Crippen LogP contribution is 2.12. The molecule has 0 aliphatic rings. The molecule has 24 heavy (non-hydrogen) atoms. The summed E-state index contributed by atoms with van der Waals surface area (Å²) in [5.74, 6) is -0.402. The fourth-order valence-electron chi connectivity index (χ4n) is 2.12. The molecular weight excluding hydrogens is 307 g/mol. The van der Waals surface area contributed by atoms with Crippen LogP contribution in [0.15, 0.2) is 48.5 Å². The van der Waals surface area contributed by atoms with Gasteiger partial charge >= 0.3 is 0 Å². The Morgan fingerprint density at radius 3 is 2.21 bits per heavy atom. The van der Waals surface area contributed by atoms with Crippen LogP contribution in [0.2, 0.25) is 0 Å². The molecule has 2 rings (SSSR count). The molecule has 0 saturated heterocycles. The average Bonchev–Trinajstić information content (AvgIpc) is 2.54. The Labute approximate surface area is 141 Å². The molecule has 4 nitrogen and oxygen atoms in total. The lowest BCUT2D eigenvalue weighted by Crippen LogP contribution is -2.25. The van der Waals surface area contributed by atoms with Gasteiger partial charge in [-0.1, -0.05) is 19.9 Å². The van der Waals surface area contributed by atoms with Crippen molar-refractivity contribution in [2.24, 2.45) is 5.92 Å². The van der Waals surface area contributed by atoms with Crippen LogP contribution in [-0.4, -0.2) is 18.4 Å². The van der Waals surface area contributed by atoms with Crippen molar-refractivity contribution in [1.29, 1.82) is 0 Å². The number of benzene rings is 2. The van der Waals surface area contributed by atoms with Crippen molar-refractivity contribution in [2.75, 3.05) is 11.9 Å². The molecule has 0 bridgehead atoms. The molecule has 0 aliphatic heterocycles. The van der Waals surface area contributed by atoms with E-state index in [1.54, 1.807) is 30.3 Å². The quantitative estimate of drug-likeness (QED) is 0.846. The summed E-state index contributed by atoms with van der Waals surface area (Å²) in [6, 6.07) is 12.0. The fourth-order valence-corrected chi connectivity index (χ4v) is 2.12. The third-order valence-corrected chi connectivity index (χ3v) is 3.50. The molecule has 0 aromatic heterocycles. The lowest BCUT2D eigenvalue weighted by atomic mass is 10.1. The first-order valence-corrected chi connectivity index (χ1v) is 7.91. The zero-order valence-corrected chi connectivity index (χ0v) is 13.8. The predicted octanol–water partition coefficient (Wildman–Crippen LogP) is 3.85. The largest absolute Gasteiger partial charge is 0.352 e. The molecule has 0 spiro atoms. The van der Waals surface area contributed by atoms with Gasteiger partial charge in [0.1, 0.15) is 5.82 Å². The van der Waals surface area contributed by atoms with Gasteiger partial charge in [0.25, 0.3) is 11.8 Å². The van der Waals surface area contributed by atoms with Gasteiger partial charge in [-0.2, -0.15) is 0 Å². The van der Waals surface area contributed by atoms with Crippen LogP contribution < -0.4 is 10.6 Å². The molecule has 0 saturated carbocycles. The zero-order chi connectivity index (χ0) is 17.5. The molecule has 2 aromatic carbocycles. The van der Waals surface area contributed by atoms with E-state index in [4.69, 9.17) is 0 Å². The molecule has 0 fully saturated rings. The molecule has 0 aliphatic carbocycles. The third kappa shape index (κ3) is 5.19. The van der Waals surface area contributed by atoms with E-state index >= 15 is 0 Å². The molecule has 0 radical (unpaired) electrons. The smallest absolute Gasteiger partial charge is 0.255 e. The summed E-state index contributed by atoms with van der Waals surface area (Å²) in [6.07, 6.45) is 0.917. The van der Waals surface area contributed by atoms with Crippen molar-refractivity contribution >= 4 is 17.5 Å². The van der Waals surface area contributed by atoms with Crippen LogP contribution >= 0.6 is 0 Å². The highest BCUT2D eigenvalue weighted by atomic mass is 19.1. The van der Waals surface area contributed by atoms with Crippen molar-refractivity contribution < 1.29 is 14.0 Å². The van der Waals surface area contributed by atoms with Crippen molar-refractivity contribution in [3.8, 4) is 0 Å². The van der Waals surface area contributed by atoms with Crippen LogP contribution in [0.4, 0.5) is 10.1 Å².